The second kappa shape index (κ2) is 7.70. The molecule has 106 valence electrons. The monoisotopic (exact) mass is 289 g/mol. The molecule has 0 amide bonds. The van der Waals surface area contributed by atoms with Crippen LogP contribution in [-0.2, 0) is 0 Å². The zero-order valence-electron chi connectivity index (χ0n) is 11.5. The maximum Gasteiger partial charge on any atom is 0.123 e. The van der Waals surface area contributed by atoms with E-state index in [1.54, 1.807) is 11.8 Å². The van der Waals surface area contributed by atoms with Crippen molar-refractivity contribution in [1.29, 1.82) is 0 Å². The summed E-state index contributed by atoms with van der Waals surface area (Å²) in [4.78, 5) is 1.20. The van der Waals surface area contributed by atoms with Gasteiger partial charge in [0.15, 0.2) is 0 Å². The normalized spacial score (nSPS) is 10.2. The lowest BCUT2D eigenvalue weighted by Crippen LogP contribution is -2.00. The lowest BCUT2D eigenvalue weighted by atomic mass is 10.3. The average Bonchev–Trinajstić information content (AvgIpc) is 2.46. The molecule has 0 aromatic heterocycles. The van der Waals surface area contributed by atoms with Gasteiger partial charge >= 0.3 is 0 Å². The predicted octanol–water partition coefficient (Wildman–Crippen LogP) is 3.84. The smallest absolute Gasteiger partial charge is 0.123 e. The highest BCUT2D eigenvalue weighted by Crippen LogP contribution is 2.21. The van der Waals surface area contributed by atoms with Crippen LogP contribution in [0.1, 0.15) is 6.92 Å². The van der Waals surface area contributed by atoms with E-state index in [1.807, 2.05) is 55.5 Å². The van der Waals surface area contributed by atoms with Gasteiger partial charge in [0, 0.05) is 22.4 Å². The van der Waals surface area contributed by atoms with E-state index in [2.05, 4.69) is 0 Å². The summed E-state index contributed by atoms with van der Waals surface area (Å²) in [5.74, 6) is 2.58. The average molecular weight is 289 g/mol. The number of rotatable bonds is 7. The molecule has 0 radical (unpaired) electrons. The van der Waals surface area contributed by atoms with Crippen LogP contribution >= 0.6 is 11.8 Å². The summed E-state index contributed by atoms with van der Waals surface area (Å²) in [5.41, 5.74) is 6.44. The molecule has 0 atom stereocenters. The molecule has 0 saturated carbocycles. The van der Waals surface area contributed by atoms with E-state index in [1.165, 1.54) is 4.90 Å². The van der Waals surface area contributed by atoms with Gasteiger partial charge in [0.2, 0.25) is 0 Å². The molecular weight excluding hydrogens is 270 g/mol. The molecule has 2 aromatic carbocycles. The van der Waals surface area contributed by atoms with Gasteiger partial charge in [0.05, 0.1) is 13.2 Å². The lowest BCUT2D eigenvalue weighted by molar-refractivity contribution is 0.325. The van der Waals surface area contributed by atoms with Crippen molar-refractivity contribution in [3.05, 3.63) is 48.5 Å². The fourth-order valence-electron chi connectivity index (χ4n) is 1.70. The molecule has 0 aliphatic heterocycles. The topological polar surface area (TPSA) is 44.5 Å². The molecular formula is C16H19NO2S. The van der Waals surface area contributed by atoms with Gasteiger partial charge in [-0.05, 0) is 43.3 Å². The Kier molecular flexibility index (Phi) is 5.62. The molecule has 20 heavy (non-hydrogen) atoms. The first kappa shape index (κ1) is 14.6. The van der Waals surface area contributed by atoms with Crippen molar-refractivity contribution < 1.29 is 9.47 Å². The first-order chi connectivity index (χ1) is 9.78. The van der Waals surface area contributed by atoms with Crippen LogP contribution in [0.4, 0.5) is 5.69 Å². The number of ether oxygens (including phenoxy) is 2. The Morgan fingerprint density at radius 3 is 2.40 bits per heavy atom. The number of nitrogens with two attached hydrogens (primary N) is 1. The number of nitrogen functional groups attached to an aromatic ring is 1. The zero-order chi connectivity index (χ0) is 14.2. The van der Waals surface area contributed by atoms with E-state index >= 15 is 0 Å². The third-order valence-corrected chi connectivity index (χ3v) is 3.59. The molecule has 2 rings (SSSR count). The molecule has 0 aliphatic carbocycles. The van der Waals surface area contributed by atoms with Crippen molar-refractivity contribution in [3.8, 4) is 11.5 Å². The maximum atomic E-state index is 5.71. The van der Waals surface area contributed by atoms with E-state index in [0.29, 0.717) is 13.2 Å². The van der Waals surface area contributed by atoms with Gasteiger partial charge in [0.25, 0.3) is 0 Å². The highest BCUT2D eigenvalue weighted by molar-refractivity contribution is 7.99. The number of thioether (sulfide) groups is 1. The van der Waals surface area contributed by atoms with Crippen LogP contribution in [0.2, 0.25) is 0 Å². The number of hydrogen-bond donors (Lipinski definition) is 1. The van der Waals surface area contributed by atoms with Crippen molar-refractivity contribution >= 4 is 17.4 Å². The van der Waals surface area contributed by atoms with Gasteiger partial charge in [-0.1, -0.05) is 6.07 Å². The van der Waals surface area contributed by atoms with Crippen molar-refractivity contribution in [1.82, 2.24) is 0 Å². The molecule has 2 aromatic rings. The SMILES string of the molecule is CCOc1cccc(OCCSc2ccc(N)cc2)c1. The summed E-state index contributed by atoms with van der Waals surface area (Å²) in [6.07, 6.45) is 0. The molecule has 0 heterocycles. The first-order valence-electron chi connectivity index (χ1n) is 6.62. The third-order valence-electron chi connectivity index (χ3n) is 2.62. The summed E-state index contributed by atoms with van der Waals surface area (Å²) in [6, 6.07) is 15.6. The van der Waals surface area contributed by atoms with Crippen LogP contribution in [0.3, 0.4) is 0 Å². The first-order valence-corrected chi connectivity index (χ1v) is 7.60. The van der Waals surface area contributed by atoms with Crippen molar-refractivity contribution in [2.24, 2.45) is 0 Å². The van der Waals surface area contributed by atoms with E-state index in [0.717, 1.165) is 22.9 Å². The quantitative estimate of drug-likeness (QED) is 0.478. The molecule has 0 spiro atoms. The van der Waals surface area contributed by atoms with E-state index < -0.39 is 0 Å². The third kappa shape index (κ3) is 4.70. The molecule has 0 fully saturated rings. The van der Waals surface area contributed by atoms with Crippen LogP contribution in [0.5, 0.6) is 11.5 Å². The maximum absolute atomic E-state index is 5.71. The summed E-state index contributed by atoms with van der Waals surface area (Å²) in [5, 5.41) is 0. The molecule has 2 N–H and O–H groups in total. The Hall–Kier alpha value is -1.81. The van der Waals surface area contributed by atoms with E-state index in [9.17, 15) is 0 Å². The second-order valence-corrected chi connectivity index (χ2v) is 5.34. The molecule has 4 heteroatoms. The molecule has 0 unspecified atom stereocenters. The standard InChI is InChI=1S/C16H19NO2S/c1-2-18-14-4-3-5-15(12-14)19-10-11-20-16-8-6-13(17)7-9-16/h3-9,12H,2,10-11,17H2,1H3. The fourth-order valence-corrected chi connectivity index (χ4v) is 2.43. The Morgan fingerprint density at radius 2 is 1.70 bits per heavy atom. The summed E-state index contributed by atoms with van der Waals surface area (Å²) in [7, 11) is 0. The minimum Gasteiger partial charge on any atom is -0.494 e. The van der Waals surface area contributed by atoms with Crippen LogP contribution < -0.4 is 15.2 Å². The highest BCUT2D eigenvalue weighted by atomic mass is 32.2. The molecule has 0 aliphatic rings. The Bertz CT molecular complexity index is 528. The Labute approximate surface area is 124 Å². The van der Waals surface area contributed by atoms with Gasteiger partial charge in [0.1, 0.15) is 11.5 Å². The molecule has 0 bridgehead atoms. The van der Waals surface area contributed by atoms with Crippen LogP contribution in [0, 0.1) is 0 Å². The number of hydrogen-bond acceptors (Lipinski definition) is 4. The van der Waals surface area contributed by atoms with Crippen LogP contribution in [-0.4, -0.2) is 19.0 Å². The second-order valence-electron chi connectivity index (χ2n) is 4.17. The Morgan fingerprint density at radius 1 is 1.00 bits per heavy atom. The largest absolute Gasteiger partial charge is 0.494 e. The minimum absolute atomic E-state index is 0.657. The predicted molar refractivity (Wildman–Crippen MR) is 84.7 cm³/mol. The van der Waals surface area contributed by atoms with E-state index in [4.69, 9.17) is 15.2 Å². The number of anilines is 1. The van der Waals surface area contributed by atoms with Crippen molar-refractivity contribution in [3.63, 3.8) is 0 Å². The zero-order valence-corrected chi connectivity index (χ0v) is 12.4. The van der Waals surface area contributed by atoms with Crippen molar-refractivity contribution in [2.45, 2.75) is 11.8 Å². The fraction of sp³-hybridized carbons (Fsp3) is 0.250. The van der Waals surface area contributed by atoms with Gasteiger partial charge in [-0.2, -0.15) is 0 Å². The lowest BCUT2D eigenvalue weighted by Gasteiger charge is -2.08. The van der Waals surface area contributed by atoms with Gasteiger partial charge < -0.3 is 15.2 Å². The molecule has 0 saturated heterocycles. The van der Waals surface area contributed by atoms with Crippen LogP contribution in [0.15, 0.2) is 53.4 Å². The molecule has 3 nitrogen and oxygen atoms in total. The van der Waals surface area contributed by atoms with Gasteiger partial charge in [-0.3, -0.25) is 0 Å². The van der Waals surface area contributed by atoms with Gasteiger partial charge in [-0.25, -0.2) is 0 Å². The summed E-state index contributed by atoms with van der Waals surface area (Å²) in [6.45, 7) is 3.29. The summed E-state index contributed by atoms with van der Waals surface area (Å²) >= 11 is 1.75. The van der Waals surface area contributed by atoms with Crippen LogP contribution in [0.25, 0.3) is 0 Å². The highest BCUT2D eigenvalue weighted by Gasteiger charge is 1.98. The van der Waals surface area contributed by atoms with Crippen molar-refractivity contribution in [2.75, 3.05) is 24.7 Å². The van der Waals surface area contributed by atoms with Gasteiger partial charge in [-0.15, -0.1) is 11.8 Å². The number of benzene rings is 2. The minimum atomic E-state index is 0.657. The Balaban J connectivity index is 1.75. The summed E-state index contributed by atoms with van der Waals surface area (Å²) < 4.78 is 11.1. The van der Waals surface area contributed by atoms with E-state index in [-0.39, 0.29) is 0 Å².